The Labute approximate surface area is 159 Å². The minimum atomic E-state index is 0.326. The maximum Gasteiger partial charge on any atom is 0.268 e. The second-order valence-electron chi connectivity index (χ2n) is 8.27. The van der Waals surface area contributed by atoms with Gasteiger partial charge in [-0.3, -0.25) is 0 Å². The average molecular weight is 365 g/mol. The van der Waals surface area contributed by atoms with Crippen molar-refractivity contribution in [1.82, 2.24) is 24.5 Å². The fraction of sp³-hybridized carbons (Fsp3) is 0.571. The van der Waals surface area contributed by atoms with Crippen molar-refractivity contribution < 1.29 is 4.42 Å². The Kier molecular flexibility index (Phi) is 4.23. The van der Waals surface area contributed by atoms with Crippen LogP contribution in [0, 0.1) is 0 Å². The van der Waals surface area contributed by atoms with Crippen LogP contribution in [-0.4, -0.2) is 43.6 Å². The van der Waals surface area contributed by atoms with Crippen molar-refractivity contribution in [3.05, 3.63) is 36.1 Å². The van der Waals surface area contributed by atoms with E-state index >= 15 is 0 Å². The first-order valence-electron chi connectivity index (χ1n) is 10.3. The van der Waals surface area contributed by atoms with Crippen LogP contribution < -0.4 is 0 Å². The van der Waals surface area contributed by atoms with Crippen molar-refractivity contribution >= 4 is 5.52 Å². The molecular weight excluding hydrogens is 338 g/mol. The molecule has 3 aromatic heterocycles. The second kappa shape index (κ2) is 6.75. The number of hydrogen-bond acceptors (Lipinski definition) is 5. The van der Waals surface area contributed by atoms with Crippen LogP contribution in [-0.2, 0) is 0 Å². The molecule has 0 spiro atoms. The van der Waals surface area contributed by atoms with Gasteiger partial charge in [-0.15, -0.1) is 10.2 Å². The molecule has 4 heterocycles. The van der Waals surface area contributed by atoms with E-state index < -0.39 is 0 Å². The standard InChI is InChI=1S/C21H27N5O/c1-14(2)19-22-18(17-8-3-4-11-26(17)19)21-24-23-20(27-21)15-9-12-25(13-10-15)16-6-5-7-16/h3-4,8,11,14-16H,5-7,9-10,12-13H2,1-2H3. The van der Waals surface area contributed by atoms with Crippen molar-refractivity contribution in [2.45, 2.75) is 63.8 Å². The second-order valence-corrected chi connectivity index (χ2v) is 8.27. The molecule has 0 bridgehead atoms. The van der Waals surface area contributed by atoms with Crippen LogP contribution in [0.2, 0.25) is 0 Å². The third-order valence-electron chi connectivity index (χ3n) is 6.21. The van der Waals surface area contributed by atoms with Gasteiger partial charge in [0.15, 0.2) is 5.69 Å². The van der Waals surface area contributed by atoms with Crippen LogP contribution in [0.3, 0.4) is 0 Å². The molecule has 27 heavy (non-hydrogen) atoms. The van der Waals surface area contributed by atoms with Crippen molar-refractivity contribution in [2.24, 2.45) is 0 Å². The first-order valence-corrected chi connectivity index (χ1v) is 10.3. The predicted molar refractivity (Wildman–Crippen MR) is 104 cm³/mol. The average Bonchev–Trinajstić information content (AvgIpc) is 3.25. The molecule has 0 amide bonds. The van der Waals surface area contributed by atoms with Gasteiger partial charge < -0.3 is 13.7 Å². The maximum atomic E-state index is 6.13. The number of hydrogen-bond donors (Lipinski definition) is 0. The lowest BCUT2D eigenvalue weighted by atomic mass is 9.88. The summed E-state index contributed by atoms with van der Waals surface area (Å²) >= 11 is 0. The van der Waals surface area contributed by atoms with E-state index in [0.29, 0.717) is 17.7 Å². The molecule has 6 heteroatoms. The fourth-order valence-electron chi connectivity index (χ4n) is 4.38. The third-order valence-corrected chi connectivity index (χ3v) is 6.21. The van der Waals surface area contributed by atoms with E-state index in [4.69, 9.17) is 9.40 Å². The van der Waals surface area contributed by atoms with Crippen molar-refractivity contribution in [3.63, 3.8) is 0 Å². The summed E-state index contributed by atoms with van der Waals surface area (Å²) in [6.07, 6.45) is 8.42. The lowest BCUT2D eigenvalue weighted by molar-refractivity contribution is 0.0936. The highest BCUT2D eigenvalue weighted by atomic mass is 16.4. The van der Waals surface area contributed by atoms with E-state index in [0.717, 1.165) is 54.9 Å². The van der Waals surface area contributed by atoms with Crippen LogP contribution in [0.15, 0.2) is 28.8 Å². The topological polar surface area (TPSA) is 59.5 Å². The highest BCUT2D eigenvalue weighted by Crippen LogP contribution is 2.34. The van der Waals surface area contributed by atoms with Crippen molar-refractivity contribution in [2.75, 3.05) is 13.1 Å². The largest absolute Gasteiger partial charge is 0.419 e. The summed E-state index contributed by atoms with van der Waals surface area (Å²) in [6.45, 7) is 6.61. The van der Waals surface area contributed by atoms with Gasteiger partial charge in [0, 0.05) is 24.1 Å². The van der Waals surface area contributed by atoms with E-state index in [1.54, 1.807) is 0 Å². The zero-order valence-corrected chi connectivity index (χ0v) is 16.1. The van der Waals surface area contributed by atoms with E-state index in [9.17, 15) is 0 Å². The summed E-state index contributed by atoms with van der Waals surface area (Å²) in [7, 11) is 0. The summed E-state index contributed by atoms with van der Waals surface area (Å²) in [5.41, 5.74) is 1.82. The molecule has 1 aliphatic heterocycles. The van der Waals surface area contributed by atoms with Gasteiger partial charge in [-0.25, -0.2) is 4.98 Å². The molecule has 1 aliphatic carbocycles. The first-order chi connectivity index (χ1) is 13.2. The maximum absolute atomic E-state index is 6.13. The third kappa shape index (κ3) is 2.96. The summed E-state index contributed by atoms with van der Waals surface area (Å²) < 4.78 is 8.26. The van der Waals surface area contributed by atoms with Crippen LogP contribution in [0.1, 0.15) is 69.5 Å². The van der Waals surface area contributed by atoms with Crippen LogP contribution in [0.5, 0.6) is 0 Å². The van der Waals surface area contributed by atoms with Gasteiger partial charge >= 0.3 is 0 Å². The molecule has 0 atom stereocenters. The van der Waals surface area contributed by atoms with E-state index in [1.165, 1.54) is 19.3 Å². The minimum Gasteiger partial charge on any atom is -0.419 e. The molecule has 2 aliphatic rings. The van der Waals surface area contributed by atoms with E-state index in [-0.39, 0.29) is 0 Å². The predicted octanol–water partition coefficient (Wildman–Crippen LogP) is 4.24. The quantitative estimate of drug-likeness (QED) is 0.692. The Morgan fingerprint density at radius 2 is 1.89 bits per heavy atom. The highest BCUT2D eigenvalue weighted by Gasteiger charge is 2.31. The lowest BCUT2D eigenvalue weighted by Crippen LogP contribution is -2.44. The molecule has 1 saturated carbocycles. The fourth-order valence-corrected chi connectivity index (χ4v) is 4.38. The molecule has 3 aromatic rings. The molecule has 2 fully saturated rings. The number of rotatable bonds is 4. The first kappa shape index (κ1) is 16.9. The summed E-state index contributed by atoms with van der Waals surface area (Å²) in [5.74, 6) is 3.05. The molecule has 5 rings (SSSR count). The molecule has 0 unspecified atom stereocenters. The Hall–Kier alpha value is -2.21. The summed E-state index contributed by atoms with van der Waals surface area (Å²) in [6, 6.07) is 6.95. The zero-order chi connectivity index (χ0) is 18.4. The lowest BCUT2D eigenvalue weighted by Gasteiger charge is -2.41. The molecular formula is C21H27N5O. The Balaban J connectivity index is 1.39. The number of nitrogens with zero attached hydrogens (tertiary/aromatic N) is 5. The number of aromatic nitrogens is 4. The number of pyridine rings is 1. The molecule has 1 saturated heterocycles. The normalized spacial score (nSPS) is 19.8. The Morgan fingerprint density at radius 3 is 2.59 bits per heavy atom. The van der Waals surface area contributed by atoms with Gasteiger partial charge in [0.1, 0.15) is 5.82 Å². The van der Waals surface area contributed by atoms with Gasteiger partial charge in [0.2, 0.25) is 5.89 Å². The van der Waals surface area contributed by atoms with E-state index in [2.05, 4.69) is 45.6 Å². The highest BCUT2D eigenvalue weighted by molar-refractivity contribution is 5.72. The molecule has 0 radical (unpaired) electrons. The van der Waals surface area contributed by atoms with Crippen LogP contribution in [0.4, 0.5) is 0 Å². The Morgan fingerprint density at radius 1 is 1.07 bits per heavy atom. The summed E-state index contributed by atoms with van der Waals surface area (Å²) in [5, 5.41) is 8.76. The summed E-state index contributed by atoms with van der Waals surface area (Å²) in [4.78, 5) is 7.48. The SMILES string of the molecule is CC(C)c1nc(-c2nnc(C3CCN(C4CCC4)CC3)o2)c2ccccn12. The number of likely N-dealkylation sites (tertiary alicyclic amines) is 1. The van der Waals surface area contributed by atoms with Gasteiger partial charge in [-0.1, -0.05) is 26.3 Å². The van der Waals surface area contributed by atoms with Gasteiger partial charge in [0.05, 0.1) is 5.52 Å². The van der Waals surface area contributed by atoms with Crippen LogP contribution >= 0.6 is 0 Å². The number of imidazole rings is 1. The van der Waals surface area contributed by atoms with Gasteiger partial charge in [-0.05, 0) is 50.9 Å². The molecule has 6 nitrogen and oxygen atoms in total. The van der Waals surface area contributed by atoms with Crippen molar-refractivity contribution in [3.8, 4) is 11.6 Å². The van der Waals surface area contributed by atoms with Gasteiger partial charge in [-0.2, -0.15) is 0 Å². The minimum absolute atomic E-state index is 0.326. The van der Waals surface area contributed by atoms with Gasteiger partial charge in [0.25, 0.3) is 5.89 Å². The smallest absolute Gasteiger partial charge is 0.268 e. The molecule has 0 aromatic carbocycles. The monoisotopic (exact) mass is 365 g/mol. The van der Waals surface area contributed by atoms with E-state index in [1.807, 2.05) is 12.1 Å². The van der Waals surface area contributed by atoms with Crippen molar-refractivity contribution in [1.29, 1.82) is 0 Å². The number of fused-ring (bicyclic) bond motifs is 1. The molecule has 142 valence electrons. The zero-order valence-electron chi connectivity index (χ0n) is 16.1. The molecule has 0 N–H and O–H groups in total. The Bertz CT molecular complexity index is 931. The number of piperidine rings is 1. The van der Waals surface area contributed by atoms with Crippen LogP contribution in [0.25, 0.3) is 17.1 Å².